The number of aryl methyl sites for hydroxylation is 1. The fourth-order valence-electron chi connectivity index (χ4n) is 2.01. The lowest BCUT2D eigenvalue weighted by atomic mass is 9.89. The summed E-state index contributed by atoms with van der Waals surface area (Å²) in [5, 5.41) is 12.9. The third-order valence-corrected chi connectivity index (χ3v) is 3.11. The summed E-state index contributed by atoms with van der Waals surface area (Å²) in [4.78, 5) is 11.1. The van der Waals surface area contributed by atoms with E-state index in [1.165, 1.54) is 0 Å². The Balaban J connectivity index is 2.59. The van der Waals surface area contributed by atoms with Gasteiger partial charge in [0.15, 0.2) is 0 Å². The second-order valence-electron chi connectivity index (χ2n) is 3.76. The molecule has 1 heterocycles. The van der Waals surface area contributed by atoms with Crippen molar-refractivity contribution in [1.29, 1.82) is 0 Å². The van der Waals surface area contributed by atoms with Gasteiger partial charge in [0.05, 0.1) is 5.92 Å². The van der Waals surface area contributed by atoms with E-state index in [0.717, 1.165) is 16.8 Å². The molecule has 3 nitrogen and oxygen atoms in total. The average molecular weight is 226 g/mol. The SMILES string of the molecule is Cc1ccc(Cl)c2c1NCCC2C(=O)O. The van der Waals surface area contributed by atoms with Gasteiger partial charge in [-0.05, 0) is 25.0 Å². The first-order valence-electron chi connectivity index (χ1n) is 4.87. The van der Waals surface area contributed by atoms with E-state index in [1.54, 1.807) is 6.07 Å². The Kier molecular flexibility index (Phi) is 2.57. The van der Waals surface area contributed by atoms with Crippen LogP contribution in [0.15, 0.2) is 12.1 Å². The average Bonchev–Trinajstić information content (AvgIpc) is 2.23. The lowest BCUT2D eigenvalue weighted by Crippen LogP contribution is -2.23. The van der Waals surface area contributed by atoms with Gasteiger partial charge >= 0.3 is 5.97 Å². The van der Waals surface area contributed by atoms with Gasteiger partial charge in [-0.1, -0.05) is 17.7 Å². The van der Waals surface area contributed by atoms with Crippen LogP contribution in [0, 0.1) is 6.92 Å². The van der Waals surface area contributed by atoms with Crippen molar-refractivity contribution in [3.05, 3.63) is 28.3 Å². The van der Waals surface area contributed by atoms with E-state index in [-0.39, 0.29) is 0 Å². The van der Waals surface area contributed by atoms with Crippen LogP contribution in [0.1, 0.15) is 23.5 Å². The van der Waals surface area contributed by atoms with Crippen molar-refractivity contribution >= 4 is 23.3 Å². The summed E-state index contributed by atoms with van der Waals surface area (Å²) in [7, 11) is 0. The highest BCUT2D eigenvalue weighted by Crippen LogP contribution is 2.38. The zero-order chi connectivity index (χ0) is 11.0. The number of fused-ring (bicyclic) bond motifs is 1. The molecular weight excluding hydrogens is 214 g/mol. The Morgan fingerprint density at radius 1 is 1.60 bits per heavy atom. The number of benzene rings is 1. The molecule has 1 aromatic rings. The Hall–Kier alpha value is -1.22. The van der Waals surface area contributed by atoms with Crippen molar-refractivity contribution < 1.29 is 9.90 Å². The van der Waals surface area contributed by atoms with E-state index < -0.39 is 11.9 Å². The van der Waals surface area contributed by atoms with Crippen LogP contribution in [0.2, 0.25) is 5.02 Å². The van der Waals surface area contributed by atoms with E-state index >= 15 is 0 Å². The molecule has 1 aliphatic rings. The number of anilines is 1. The van der Waals surface area contributed by atoms with Gasteiger partial charge in [-0.2, -0.15) is 0 Å². The van der Waals surface area contributed by atoms with Crippen LogP contribution in [0.3, 0.4) is 0 Å². The lowest BCUT2D eigenvalue weighted by Gasteiger charge is -2.26. The van der Waals surface area contributed by atoms with Crippen LogP contribution in [-0.4, -0.2) is 17.6 Å². The second kappa shape index (κ2) is 3.74. The molecule has 0 saturated heterocycles. The Morgan fingerprint density at radius 3 is 3.00 bits per heavy atom. The zero-order valence-electron chi connectivity index (χ0n) is 8.38. The standard InChI is InChI=1S/C11H12ClNO2/c1-6-2-3-8(12)9-7(11(14)15)4-5-13-10(6)9/h2-3,7,13H,4-5H2,1H3,(H,14,15). The molecule has 2 rings (SSSR count). The molecule has 0 fully saturated rings. The highest BCUT2D eigenvalue weighted by molar-refractivity contribution is 6.32. The highest BCUT2D eigenvalue weighted by Gasteiger charge is 2.29. The molecule has 1 aromatic carbocycles. The number of rotatable bonds is 1. The molecule has 0 aliphatic carbocycles. The van der Waals surface area contributed by atoms with Gasteiger partial charge in [0.2, 0.25) is 0 Å². The van der Waals surface area contributed by atoms with Gasteiger partial charge in [-0.25, -0.2) is 0 Å². The van der Waals surface area contributed by atoms with E-state index in [2.05, 4.69) is 5.32 Å². The van der Waals surface area contributed by atoms with Gasteiger partial charge in [-0.15, -0.1) is 0 Å². The molecule has 0 radical (unpaired) electrons. The molecule has 0 bridgehead atoms. The zero-order valence-corrected chi connectivity index (χ0v) is 9.14. The van der Waals surface area contributed by atoms with Crippen LogP contribution in [-0.2, 0) is 4.79 Å². The van der Waals surface area contributed by atoms with Crippen molar-refractivity contribution in [3.63, 3.8) is 0 Å². The summed E-state index contributed by atoms with van der Waals surface area (Å²) in [5.41, 5.74) is 2.66. The normalized spacial score (nSPS) is 19.2. The van der Waals surface area contributed by atoms with Crippen LogP contribution in [0.5, 0.6) is 0 Å². The smallest absolute Gasteiger partial charge is 0.311 e. The lowest BCUT2D eigenvalue weighted by molar-refractivity contribution is -0.138. The van der Waals surface area contributed by atoms with Crippen LogP contribution in [0.4, 0.5) is 5.69 Å². The molecule has 0 amide bonds. The Labute approximate surface area is 93.1 Å². The molecular formula is C11H12ClNO2. The fraction of sp³-hybridized carbons (Fsp3) is 0.364. The monoisotopic (exact) mass is 225 g/mol. The van der Waals surface area contributed by atoms with Gasteiger partial charge in [0.1, 0.15) is 0 Å². The number of hydrogen-bond donors (Lipinski definition) is 2. The Bertz CT molecular complexity index is 417. The summed E-state index contributed by atoms with van der Waals surface area (Å²) in [6.07, 6.45) is 0.589. The van der Waals surface area contributed by atoms with Crippen LogP contribution in [0.25, 0.3) is 0 Å². The molecule has 80 valence electrons. The third-order valence-electron chi connectivity index (χ3n) is 2.78. The first-order valence-corrected chi connectivity index (χ1v) is 5.24. The predicted molar refractivity (Wildman–Crippen MR) is 59.7 cm³/mol. The van der Waals surface area contributed by atoms with E-state index in [0.29, 0.717) is 18.0 Å². The van der Waals surface area contributed by atoms with Crippen molar-refractivity contribution in [3.8, 4) is 0 Å². The molecule has 4 heteroatoms. The highest BCUT2D eigenvalue weighted by atomic mass is 35.5. The first kappa shape index (κ1) is 10.3. The molecule has 0 aromatic heterocycles. The van der Waals surface area contributed by atoms with Gasteiger partial charge in [0, 0.05) is 22.8 Å². The summed E-state index contributed by atoms with van der Waals surface area (Å²) in [5.74, 6) is -1.28. The number of nitrogens with one attached hydrogen (secondary N) is 1. The number of hydrogen-bond acceptors (Lipinski definition) is 2. The number of halogens is 1. The quantitative estimate of drug-likeness (QED) is 0.773. The summed E-state index contributed by atoms with van der Waals surface area (Å²) >= 11 is 6.05. The topological polar surface area (TPSA) is 49.3 Å². The fourth-order valence-corrected chi connectivity index (χ4v) is 2.30. The van der Waals surface area contributed by atoms with Gasteiger partial charge in [-0.3, -0.25) is 4.79 Å². The van der Waals surface area contributed by atoms with Crippen molar-refractivity contribution in [2.75, 3.05) is 11.9 Å². The molecule has 1 atom stereocenters. The number of aliphatic carboxylic acids is 1. The number of carboxylic acids is 1. The van der Waals surface area contributed by atoms with Crippen LogP contribution >= 0.6 is 11.6 Å². The molecule has 1 unspecified atom stereocenters. The largest absolute Gasteiger partial charge is 0.481 e. The first-order chi connectivity index (χ1) is 7.11. The molecule has 15 heavy (non-hydrogen) atoms. The maximum Gasteiger partial charge on any atom is 0.311 e. The minimum Gasteiger partial charge on any atom is -0.481 e. The molecule has 2 N–H and O–H groups in total. The van der Waals surface area contributed by atoms with Gasteiger partial charge < -0.3 is 10.4 Å². The number of carbonyl (C=O) groups is 1. The molecule has 0 saturated carbocycles. The van der Waals surface area contributed by atoms with Gasteiger partial charge in [0.25, 0.3) is 0 Å². The second-order valence-corrected chi connectivity index (χ2v) is 4.17. The van der Waals surface area contributed by atoms with E-state index in [4.69, 9.17) is 16.7 Å². The third kappa shape index (κ3) is 1.67. The van der Waals surface area contributed by atoms with Crippen LogP contribution < -0.4 is 5.32 Å². The summed E-state index contributed by atoms with van der Waals surface area (Å²) in [6.45, 7) is 2.64. The minimum absolute atomic E-state index is 0.478. The van der Waals surface area contributed by atoms with E-state index in [1.807, 2.05) is 13.0 Å². The molecule has 0 spiro atoms. The molecule has 1 aliphatic heterocycles. The number of carboxylic acid groups (broad SMARTS) is 1. The maximum atomic E-state index is 11.1. The van der Waals surface area contributed by atoms with Crippen molar-refractivity contribution in [2.24, 2.45) is 0 Å². The maximum absolute atomic E-state index is 11.1. The Morgan fingerprint density at radius 2 is 2.33 bits per heavy atom. The predicted octanol–water partition coefficient (Wildman–Crippen LogP) is 2.63. The van der Waals surface area contributed by atoms with Crippen molar-refractivity contribution in [2.45, 2.75) is 19.3 Å². The minimum atomic E-state index is -0.801. The summed E-state index contributed by atoms with van der Waals surface area (Å²) in [6, 6.07) is 3.66. The summed E-state index contributed by atoms with van der Waals surface area (Å²) < 4.78 is 0. The van der Waals surface area contributed by atoms with E-state index in [9.17, 15) is 4.79 Å². The van der Waals surface area contributed by atoms with Crippen molar-refractivity contribution in [1.82, 2.24) is 0 Å².